The number of hydrogen-bond acceptors (Lipinski definition) is 5. The van der Waals surface area contributed by atoms with E-state index in [-0.39, 0.29) is 11.9 Å². The van der Waals surface area contributed by atoms with E-state index < -0.39 is 17.4 Å². The first-order valence-electron chi connectivity index (χ1n) is 10.2. The third kappa shape index (κ3) is 5.36. The van der Waals surface area contributed by atoms with Crippen LogP contribution in [0, 0.1) is 17.3 Å². The fourth-order valence-electron chi connectivity index (χ4n) is 3.91. The normalized spacial score (nSPS) is 25.8. The maximum Gasteiger partial charge on any atom is 0.312 e. The van der Waals surface area contributed by atoms with E-state index in [1.54, 1.807) is 12.2 Å². The second-order valence-corrected chi connectivity index (χ2v) is 7.97. The van der Waals surface area contributed by atoms with Crippen LogP contribution >= 0.6 is 0 Å². The first kappa shape index (κ1) is 22.2. The Labute approximate surface area is 178 Å². The topological polar surface area (TPSA) is 65.0 Å². The lowest BCUT2D eigenvalue weighted by molar-refractivity contribution is -0.155. The molecule has 0 radical (unpaired) electrons. The van der Waals surface area contributed by atoms with Crippen LogP contribution in [-0.2, 0) is 32.2 Å². The van der Waals surface area contributed by atoms with Crippen LogP contribution in [0.1, 0.15) is 18.1 Å². The van der Waals surface area contributed by atoms with Crippen LogP contribution in [0.15, 0.2) is 72.8 Å². The van der Waals surface area contributed by atoms with Gasteiger partial charge in [0.2, 0.25) is 0 Å². The molecule has 1 aliphatic carbocycles. The van der Waals surface area contributed by atoms with Crippen molar-refractivity contribution >= 4 is 5.97 Å². The number of methoxy groups -OCH3 is 1. The summed E-state index contributed by atoms with van der Waals surface area (Å²) in [4.78, 5) is 12.4. The van der Waals surface area contributed by atoms with Gasteiger partial charge in [0.1, 0.15) is 0 Å². The zero-order valence-electron chi connectivity index (χ0n) is 17.6. The van der Waals surface area contributed by atoms with Crippen molar-refractivity contribution in [3.63, 3.8) is 0 Å². The zero-order chi connectivity index (χ0) is 21.4. The number of ether oxygens (including phenoxy) is 3. The first-order valence-corrected chi connectivity index (χ1v) is 10.2. The number of benzene rings is 2. The minimum atomic E-state index is -0.750. The van der Waals surface area contributed by atoms with Crippen molar-refractivity contribution in [1.82, 2.24) is 0 Å². The summed E-state index contributed by atoms with van der Waals surface area (Å²) in [5, 5.41) is 10.8. The molecule has 0 aliphatic heterocycles. The molecule has 0 heterocycles. The average molecular weight is 411 g/mol. The lowest BCUT2D eigenvalue weighted by atomic mass is 9.64. The monoisotopic (exact) mass is 410 g/mol. The zero-order valence-corrected chi connectivity index (χ0v) is 17.6. The molecule has 5 heteroatoms. The molecule has 1 aliphatic rings. The molecule has 0 fully saturated rings. The summed E-state index contributed by atoms with van der Waals surface area (Å²) >= 11 is 0. The molecule has 1 N–H and O–H groups in total. The van der Waals surface area contributed by atoms with Crippen molar-refractivity contribution in [2.45, 2.75) is 26.2 Å². The quantitative estimate of drug-likeness (QED) is 0.504. The highest BCUT2D eigenvalue weighted by Gasteiger charge is 2.48. The SMILES string of the molecule is COC(=O)[C@@H]1C=C[C@H](O)[C@@](C)(COCc2ccccc2)[C@H]1COCc1ccccc1. The number of aliphatic hydroxyl groups excluding tert-OH is 1. The van der Waals surface area contributed by atoms with Gasteiger partial charge < -0.3 is 19.3 Å². The second-order valence-electron chi connectivity index (χ2n) is 7.97. The largest absolute Gasteiger partial charge is 0.469 e. The predicted molar refractivity (Wildman–Crippen MR) is 114 cm³/mol. The Kier molecular flexibility index (Phi) is 7.80. The molecule has 0 saturated heterocycles. The molecule has 30 heavy (non-hydrogen) atoms. The molecule has 0 unspecified atom stereocenters. The number of hydrogen-bond donors (Lipinski definition) is 1. The lowest BCUT2D eigenvalue weighted by Gasteiger charge is -2.45. The van der Waals surface area contributed by atoms with Gasteiger partial charge in [0.25, 0.3) is 0 Å². The van der Waals surface area contributed by atoms with E-state index in [1.165, 1.54) is 7.11 Å². The summed E-state index contributed by atoms with van der Waals surface area (Å²) in [7, 11) is 1.38. The summed E-state index contributed by atoms with van der Waals surface area (Å²) < 4.78 is 17.0. The Balaban J connectivity index is 1.72. The van der Waals surface area contributed by atoms with Gasteiger partial charge in [-0.3, -0.25) is 4.79 Å². The summed E-state index contributed by atoms with van der Waals surface area (Å²) in [5.74, 6) is -1.12. The highest BCUT2D eigenvalue weighted by Crippen LogP contribution is 2.42. The Morgan fingerprint density at radius 1 is 0.933 bits per heavy atom. The molecule has 2 aromatic rings. The van der Waals surface area contributed by atoms with Gasteiger partial charge in [0, 0.05) is 11.3 Å². The van der Waals surface area contributed by atoms with Gasteiger partial charge in [0.15, 0.2) is 0 Å². The predicted octanol–water partition coefficient (Wildman–Crippen LogP) is 3.76. The highest BCUT2D eigenvalue weighted by atomic mass is 16.5. The third-order valence-electron chi connectivity index (χ3n) is 5.86. The number of aliphatic hydroxyl groups is 1. The van der Waals surface area contributed by atoms with E-state index >= 15 is 0 Å². The lowest BCUT2D eigenvalue weighted by Crippen LogP contribution is -2.51. The van der Waals surface area contributed by atoms with Gasteiger partial charge in [-0.2, -0.15) is 0 Å². The number of esters is 1. The van der Waals surface area contributed by atoms with Crippen molar-refractivity contribution in [2.75, 3.05) is 20.3 Å². The summed E-state index contributed by atoms with van der Waals surface area (Å²) in [5.41, 5.74) is 1.42. The summed E-state index contributed by atoms with van der Waals surface area (Å²) in [6.07, 6.45) is 2.65. The van der Waals surface area contributed by atoms with Crippen LogP contribution in [-0.4, -0.2) is 37.5 Å². The second kappa shape index (κ2) is 10.5. The van der Waals surface area contributed by atoms with E-state index in [1.807, 2.05) is 67.6 Å². The molecular weight excluding hydrogens is 380 g/mol. The van der Waals surface area contributed by atoms with E-state index in [2.05, 4.69) is 0 Å². The van der Waals surface area contributed by atoms with Crippen molar-refractivity contribution < 1.29 is 24.1 Å². The van der Waals surface area contributed by atoms with Gasteiger partial charge in [-0.25, -0.2) is 0 Å². The Bertz CT molecular complexity index is 820. The van der Waals surface area contributed by atoms with Gasteiger partial charge in [0.05, 0.1) is 45.6 Å². The summed E-state index contributed by atoms with van der Waals surface area (Å²) in [6, 6.07) is 19.8. The van der Waals surface area contributed by atoms with Crippen LogP contribution in [0.4, 0.5) is 0 Å². The molecule has 0 aromatic heterocycles. The highest BCUT2D eigenvalue weighted by molar-refractivity contribution is 5.75. The number of carbonyl (C=O) groups is 1. The van der Waals surface area contributed by atoms with E-state index in [0.29, 0.717) is 26.4 Å². The smallest absolute Gasteiger partial charge is 0.312 e. The first-order chi connectivity index (χ1) is 14.5. The van der Waals surface area contributed by atoms with Crippen molar-refractivity contribution in [3.8, 4) is 0 Å². The van der Waals surface area contributed by atoms with Crippen LogP contribution in [0.5, 0.6) is 0 Å². The molecule has 0 saturated carbocycles. The van der Waals surface area contributed by atoms with Crippen molar-refractivity contribution in [3.05, 3.63) is 83.9 Å². The molecular formula is C25H30O5. The minimum Gasteiger partial charge on any atom is -0.469 e. The number of rotatable bonds is 9. The fourth-order valence-corrected chi connectivity index (χ4v) is 3.91. The fraction of sp³-hybridized carbons (Fsp3) is 0.400. The van der Waals surface area contributed by atoms with Crippen molar-refractivity contribution in [2.24, 2.45) is 17.3 Å². The molecule has 4 atom stereocenters. The van der Waals surface area contributed by atoms with Gasteiger partial charge in [-0.1, -0.05) is 79.7 Å². The van der Waals surface area contributed by atoms with E-state index in [4.69, 9.17) is 14.2 Å². The molecule has 2 aromatic carbocycles. The number of carbonyl (C=O) groups excluding carboxylic acids is 1. The Morgan fingerprint density at radius 2 is 1.50 bits per heavy atom. The molecule has 3 rings (SSSR count). The minimum absolute atomic E-state index is 0.288. The molecule has 0 amide bonds. The van der Waals surface area contributed by atoms with Gasteiger partial charge in [-0.15, -0.1) is 0 Å². The average Bonchev–Trinajstić information content (AvgIpc) is 2.78. The summed E-state index contributed by atoms with van der Waals surface area (Å²) in [6.45, 7) is 3.42. The maximum atomic E-state index is 12.4. The van der Waals surface area contributed by atoms with Crippen molar-refractivity contribution in [1.29, 1.82) is 0 Å². The molecule has 160 valence electrons. The van der Waals surface area contributed by atoms with E-state index in [0.717, 1.165) is 11.1 Å². The maximum absolute atomic E-state index is 12.4. The van der Waals surface area contributed by atoms with Crippen LogP contribution in [0.3, 0.4) is 0 Å². The van der Waals surface area contributed by atoms with Gasteiger partial charge in [-0.05, 0) is 11.1 Å². The van der Waals surface area contributed by atoms with Crippen LogP contribution in [0.2, 0.25) is 0 Å². The molecule has 0 spiro atoms. The van der Waals surface area contributed by atoms with Gasteiger partial charge >= 0.3 is 5.97 Å². The van der Waals surface area contributed by atoms with Crippen LogP contribution in [0.25, 0.3) is 0 Å². The molecule has 0 bridgehead atoms. The van der Waals surface area contributed by atoms with Crippen LogP contribution < -0.4 is 0 Å². The third-order valence-corrected chi connectivity index (χ3v) is 5.86. The van der Waals surface area contributed by atoms with E-state index in [9.17, 15) is 9.90 Å². The Hall–Kier alpha value is -2.47. The molecule has 5 nitrogen and oxygen atoms in total. The standard InChI is InChI=1S/C25H30O5/c1-25(18-30-16-20-11-7-4-8-12-20)22(17-29-15-19-9-5-3-6-10-19)21(24(27)28-2)13-14-23(25)26/h3-14,21-23,26H,15-18H2,1-2H3/t21-,22+,23+,25+/m1/s1. The Morgan fingerprint density at radius 3 is 2.07 bits per heavy atom.